The Labute approximate surface area is 115 Å². The lowest BCUT2D eigenvalue weighted by molar-refractivity contribution is 0.0893. The van der Waals surface area contributed by atoms with E-state index >= 15 is 0 Å². The molecule has 1 N–H and O–H groups in total. The van der Waals surface area contributed by atoms with Crippen molar-refractivity contribution in [1.82, 2.24) is 5.32 Å². The number of rotatable bonds is 5. The molecule has 3 atom stereocenters. The molecule has 3 nitrogen and oxygen atoms in total. The van der Waals surface area contributed by atoms with Gasteiger partial charge in [0.25, 0.3) is 0 Å². The molecule has 2 heterocycles. The number of ether oxygens (including phenoxy) is 1. The Balaban J connectivity index is 1.77. The van der Waals surface area contributed by atoms with E-state index in [1.807, 2.05) is 11.8 Å². The Morgan fingerprint density at radius 2 is 2.33 bits per heavy atom. The van der Waals surface area contributed by atoms with E-state index in [4.69, 9.17) is 9.73 Å². The van der Waals surface area contributed by atoms with E-state index in [2.05, 4.69) is 26.1 Å². The van der Waals surface area contributed by atoms with Gasteiger partial charge in [-0.3, -0.25) is 4.99 Å². The van der Waals surface area contributed by atoms with Crippen molar-refractivity contribution in [3.63, 3.8) is 0 Å². The van der Waals surface area contributed by atoms with E-state index in [0.29, 0.717) is 18.1 Å². The zero-order chi connectivity index (χ0) is 13.0. The topological polar surface area (TPSA) is 33.6 Å². The fourth-order valence-corrected chi connectivity index (χ4v) is 3.77. The van der Waals surface area contributed by atoms with Crippen LogP contribution in [0.4, 0.5) is 0 Å². The summed E-state index contributed by atoms with van der Waals surface area (Å²) in [6.07, 6.45) is 3.98. The van der Waals surface area contributed by atoms with Gasteiger partial charge in [-0.2, -0.15) is 0 Å². The number of nitrogens with zero attached hydrogens (tertiary/aromatic N) is 1. The van der Waals surface area contributed by atoms with Crippen molar-refractivity contribution in [2.75, 3.05) is 18.9 Å². The molecule has 2 aliphatic rings. The maximum atomic E-state index is 5.71. The minimum absolute atomic E-state index is 0.437. The summed E-state index contributed by atoms with van der Waals surface area (Å²) in [5.41, 5.74) is 0. The Morgan fingerprint density at radius 3 is 3.06 bits per heavy atom. The summed E-state index contributed by atoms with van der Waals surface area (Å²) in [7, 11) is 0. The average molecular weight is 270 g/mol. The molecule has 0 aliphatic carbocycles. The highest BCUT2D eigenvalue weighted by atomic mass is 32.2. The van der Waals surface area contributed by atoms with Crippen molar-refractivity contribution < 1.29 is 4.74 Å². The Morgan fingerprint density at radius 1 is 1.50 bits per heavy atom. The maximum Gasteiger partial charge on any atom is 0.156 e. The van der Waals surface area contributed by atoms with Crippen molar-refractivity contribution in [2.24, 2.45) is 16.8 Å². The first-order chi connectivity index (χ1) is 8.69. The van der Waals surface area contributed by atoms with Crippen LogP contribution in [0.15, 0.2) is 4.99 Å². The molecular weight excluding hydrogens is 244 g/mol. The van der Waals surface area contributed by atoms with Crippen LogP contribution in [0.1, 0.15) is 40.0 Å². The third-order valence-corrected chi connectivity index (χ3v) is 4.81. The SMILES string of the molecule is CCC1OCCC1CN=C1NC(CC(C)C)CS1. The van der Waals surface area contributed by atoms with E-state index in [9.17, 15) is 0 Å². The second-order valence-electron chi connectivity index (χ2n) is 5.79. The quantitative estimate of drug-likeness (QED) is 0.834. The van der Waals surface area contributed by atoms with Crippen LogP contribution in [0.3, 0.4) is 0 Å². The Hall–Kier alpha value is -0.220. The molecule has 4 heteroatoms. The lowest BCUT2D eigenvalue weighted by atomic mass is 10.0. The summed E-state index contributed by atoms with van der Waals surface area (Å²) in [5, 5.41) is 4.71. The molecule has 2 aliphatic heterocycles. The summed E-state index contributed by atoms with van der Waals surface area (Å²) < 4.78 is 5.71. The van der Waals surface area contributed by atoms with Crippen molar-refractivity contribution >= 4 is 16.9 Å². The second-order valence-corrected chi connectivity index (χ2v) is 6.80. The Kier molecular flexibility index (Phi) is 5.37. The van der Waals surface area contributed by atoms with Crippen LogP contribution in [0, 0.1) is 11.8 Å². The number of hydrogen-bond donors (Lipinski definition) is 1. The highest BCUT2D eigenvalue weighted by Crippen LogP contribution is 2.25. The van der Waals surface area contributed by atoms with Gasteiger partial charge >= 0.3 is 0 Å². The number of hydrogen-bond acceptors (Lipinski definition) is 3. The average Bonchev–Trinajstić information content (AvgIpc) is 2.93. The van der Waals surface area contributed by atoms with Crippen molar-refractivity contribution in [2.45, 2.75) is 52.2 Å². The molecule has 0 aromatic carbocycles. The van der Waals surface area contributed by atoms with Crippen LogP contribution in [0.25, 0.3) is 0 Å². The van der Waals surface area contributed by atoms with E-state index in [1.165, 1.54) is 18.6 Å². The zero-order valence-corrected chi connectivity index (χ0v) is 12.6. The summed E-state index contributed by atoms with van der Waals surface area (Å²) in [6, 6.07) is 0.621. The molecule has 2 rings (SSSR count). The van der Waals surface area contributed by atoms with Crippen LogP contribution in [0.2, 0.25) is 0 Å². The minimum atomic E-state index is 0.437. The fourth-order valence-electron chi connectivity index (χ4n) is 2.78. The summed E-state index contributed by atoms with van der Waals surface area (Å²) in [4.78, 5) is 4.75. The van der Waals surface area contributed by atoms with Gasteiger partial charge in [-0.25, -0.2) is 0 Å². The zero-order valence-electron chi connectivity index (χ0n) is 11.8. The predicted molar refractivity (Wildman–Crippen MR) is 79.3 cm³/mol. The molecule has 0 spiro atoms. The van der Waals surface area contributed by atoms with Crippen LogP contribution in [-0.2, 0) is 4.74 Å². The molecule has 18 heavy (non-hydrogen) atoms. The van der Waals surface area contributed by atoms with Gasteiger partial charge in [0.1, 0.15) is 0 Å². The molecule has 2 saturated heterocycles. The lowest BCUT2D eigenvalue weighted by Crippen LogP contribution is -2.28. The first kappa shape index (κ1) is 14.2. The second kappa shape index (κ2) is 6.80. The van der Waals surface area contributed by atoms with Crippen molar-refractivity contribution in [3.8, 4) is 0 Å². The van der Waals surface area contributed by atoms with E-state index in [1.54, 1.807) is 0 Å². The van der Waals surface area contributed by atoms with Crippen LogP contribution < -0.4 is 5.32 Å². The third-order valence-electron chi connectivity index (χ3n) is 3.72. The van der Waals surface area contributed by atoms with Gasteiger partial charge in [-0.1, -0.05) is 32.5 Å². The fraction of sp³-hybridized carbons (Fsp3) is 0.929. The largest absolute Gasteiger partial charge is 0.378 e. The number of amidine groups is 1. The van der Waals surface area contributed by atoms with Crippen molar-refractivity contribution in [1.29, 1.82) is 0 Å². The van der Waals surface area contributed by atoms with Crippen LogP contribution in [-0.4, -0.2) is 36.2 Å². The van der Waals surface area contributed by atoms with Gasteiger partial charge in [0, 0.05) is 30.9 Å². The van der Waals surface area contributed by atoms with Gasteiger partial charge in [-0.15, -0.1) is 0 Å². The minimum Gasteiger partial charge on any atom is -0.378 e. The molecule has 0 bridgehead atoms. The van der Waals surface area contributed by atoms with Gasteiger partial charge in [-0.05, 0) is 25.2 Å². The highest BCUT2D eigenvalue weighted by Gasteiger charge is 2.27. The van der Waals surface area contributed by atoms with Gasteiger partial charge in [0.05, 0.1) is 6.10 Å². The molecule has 3 unspecified atom stereocenters. The highest BCUT2D eigenvalue weighted by molar-refractivity contribution is 8.14. The molecule has 0 radical (unpaired) electrons. The monoisotopic (exact) mass is 270 g/mol. The molecule has 0 amide bonds. The third kappa shape index (κ3) is 3.89. The molecule has 2 fully saturated rings. The Bertz CT molecular complexity index is 294. The van der Waals surface area contributed by atoms with E-state index in [0.717, 1.165) is 30.7 Å². The van der Waals surface area contributed by atoms with E-state index in [-0.39, 0.29) is 0 Å². The van der Waals surface area contributed by atoms with Gasteiger partial charge in [0.15, 0.2) is 5.17 Å². The molecule has 0 saturated carbocycles. The lowest BCUT2D eigenvalue weighted by Gasteiger charge is -2.15. The van der Waals surface area contributed by atoms with Gasteiger partial charge < -0.3 is 10.1 Å². The number of thioether (sulfide) groups is 1. The molecule has 104 valence electrons. The predicted octanol–water partition coefficient (Wildman–Crippen LogP) is 2.91. The number of aliphatic imine (C=N–C) groups is 1. The molecular formula is C14H26N2OS. The summed E-state index contributed by atoms with van der Waals surface area (Å²) in [6.45, 7) is 8.62. The standard InChI is InChI=1S/C14H26N2OS/c1-4-13-11(5-6-17-13)8-15-14-16-12(9-18-14)7-10(2)3/h10-13H,4-9H2,1-3H3,(H,15,16). The molecule has 0 aromatic rings. The van der Waals surface area contributed by atoms with Crippen LogP contribution in [0.5, 0.6) is 0 Å². The van der Waals surface area contributed by atoms with Crippen LogP contribution >= 0.6 is 11.8 Å². The van der Waals surface area contributed by atoms with Gasteiger partial charge in [0.2, 0.25) is 0 Å². The first-order valence-electron chi connectivity index (χ1n) is 7.24. The summed E-state index contributed by atoms with van der Waals surface area (Å²) >= 11 is 1.88. The smallest absolute Gasteiger partial charge is 0.156 e. The first-order valence-corrected chi connectivity index (χ1v) is 8.23. The summed E-state index contributed by atoms with van der Waals surface area (Å²) in [5.74, 6) is 2.57. The number of nitrogens with one attached hydrogen (secondary N) is 1. The maximum absolute atomic E-state index is 5.71. The van der Waals surface area contributed by atoms with Crippen molar-refractivity contribution in [3.05, 3.63) is 0 Å². The normalized spacial score (nSPS) is 34.4. The molecule has 0 aromatic heterocycles. The van der Waals surface area contributed by atoms with E-state index < -0.39 is 0 Å².